The van der Waals surface area contributed by atoms with E-state index in [0.29, 0.717) is 11.4 Å². The molecule has 0 spiro atoms. The zero-order chi connectivity index (χ0) is 16.2. The van der Waals surface area contributed by atoms with E-state index < -0.39 is 0 Å². The van der Waals surface area contributed by atoms with E-state index in [1.54, 1.807) is 18.3 Å². The minimum absolute atomic E-state index is 0.126. The first-order chi connectivity index (χ1) is 11.2. The lowest BCUT2D eigenvalue weighted by atomic mass is 9.88. The Morgan fingerprint density at radius 1 is 1.30 bits per heavy atom. The van der Waals surface area contributed by atoms with Gasteiger partial charge in [-0.05, 0) is 61.6 Å². The van der Waals surface area contributed by atoms with Gasteiger partial charge in [0.2, 0.25) is 0 Å². The van der Waals surface area contributed by atoms with E-state index in [1.165, 1.54) is 11.1 Å². The number of rotatable bonds is 4. The second-order valence-electron chi connectivity index (χ2n) is 5.90. The highest BCUT2D eigenvalue weighted by atomic mass is 16.1. The summed E-state index contributed by atoms with van der Waals surface area (Å²) in [7, 11) is 0. The van der Waals surface area contributed by atoms with Gasteiger partial charge in [-0.3, -0.25) is 4.79 Å². The monoisotopic (exact) mass is 310 g/mol. The molecule has 5 nitrogen and oxygen atoms in total. The molecular weight excluding hydrogens is 288 g/mol. The third-order valence-electron chi connectivity index (χ3n) is 4.11. The Hall–Kier alpha value is -2.40. The molecule has 1 aliphatic carbocycles. The Morgan fingerprint density at radius 2 is 2.17 bits per heavy atom. The predicted octanol–water partition coefficient (Wildman–Crippen LogP) is 2.58. The first kappa shape index (κ1) is 15.5. The Morgan fingerprint density at radius 3 is 3.00 bits per heavy atom. The van der Waals surface area contributed by atoms with Crippen LogP contribution in [0.15, 0.2) is 36.5 Å². The number of hydrogen-bond acceptors (Lipinski definition) is 4. The average Bonchev–Trinajstić information content (AvgIpc) is 2.55. The number of nitrogens with zero attached hydrogens (tertiary/aromatic N) is 1. The molecule has 0 bridgehead atoms. The zero-order valence-electron chi connectivity index (χ0n) is 13.3. The van der Waals surface area contributed by atoms with Crippen molar-refractivity contribution in [2.45, 2.75) is 32.2 Å². The van der Waals surface area contributed by atoms with Crippen LogP contribution in [0.1, 0.15) is 34.8 Å². The molecule has 1 aliphatic rings. The maximum absolute atomic E-state index is 12.4. The van der Waals surface area contributed by atoms with Gasteiger partial charge in [-0.15, -0.1) is 0 Å². The number of nitrogens with two attached hydrogens (primary N) is 1. The van der Waals surface area contributed by atoms with E-state index >= 15 is 0 Å². The molecule has 0 saturated heterocycles. The molecule has 1 heterocycles. The zero-order valence-corrected chi connectivity index (χ0v) is 13.3. The summed E-state index contributed by atoms with van der Waals surface area (Å²) in [5.74, 6) is 0.582. The summed E-state index contributed by atoms with van der Waals surface area (Å²) in [6.45, 7) is 2.76. The smallest absolute Gasteiger partial charge is 0.255 e. The van der Waals surface area contributed by atoms with Crippen LogP contribution in [0.2, 0.25) is 0 Å². The Bertz CT molecular complexity index is 714. The minimum Gasteiger partial charge on any atom is -0.370 e. The molecule has 0 aliphatic heterocycles. The maximum atomic E-state index is 12.4. The van der Waals surface area contributed by atoms with E-state index in [2.05, 4.69) is 27.8 Å². The van der Waals surface area contributed by atoms with Crippen LogP contribution in [-0.4, -0.2) is 23.5 Å². The van der Waals surface area contributed by atoms with Crippen LogP contribution in [0.3, 0.4) is 0 Å². The summed E-state index contributed by atoms with van der Waals surface area (Å²) >= 11 is 0. The lowest BCUT2D eigenvalue weighted by Gasteiger charge is -2.22. The van der Waals surface area contributed by atoms with Crippen LogP contribution in [0.4, 0.5) is 11.5 Å². The van der Waals surface area contributed by atoms with E-state index in [-0.39, 0.29) is 11.9 Å². The Kier molecular flexibility index (Phi) is 4.57. The van der Waals surface area contributed by atoms with Gasteiger partial charge in [0.1, 0.15) is 5.82 Å². The highest BCUT2D eigenvalue weighted by molar-refractivity contribution is 6.04. The van der Waals surface area contributed by atoms with Crippen molar-refractivity contribution in [3.63, 3.8) is 0 Å². The molecule has 0 saturated carbocycles. The van der Waals surface area contributed by atoms with Crippen molar-refractivity contribution in [1.29, 1.82) is 0 Å². The Balaban J connectivity index is 1.74. The van der Waals surface area contributed by atoms with Gasteiger partial charge in [0, 0.05) is 30.0 Å². The summed E-state index contributed by atoms with van der Waals surface area (Å²) in [4.78, 5) is 16.6. The highest BCUT2D eigenvalue weighted by Gasteiger charge is 2.16. The van der Waals surface area contributed by atoms with Gasteiger partial charge in [0.15, 0.2) is 0 Å². The van der Waals surface area contributed by atoms with Crippen molar-refractivity contribution in [2.75, 3.05) is 17.2 Å². The topological polar surface area (TPSA) is 80.0 Å². The molecule has 5 heteroatoms. The second kappa shape index (κ2) is 6.79. The molecule has 1 aromatic heterocycles. The number of fused-ring (bicyclic) bond motifs is 1. The molecule has 1 aromatic carbocycles. The van der Waals surface area contributed by atoms with Crippen molar-refractivity contribution in [2.24, 2.45) is 5.73 Å². The number of carbonyl (C=O) groups excluding carboxylic acids is 1. The molecule has 0 fully saturated rings. The number of benzene rings is 1. The summed E-state index contributed by atoms with van der Waals surface area (Å²) < 4.78 is 0. The highest BCUT2D eigenvalue weighted by Crippen LogP contribution is 2.24. The summed E-state index contributed by atoms with van der Waals surface area (Å²) in [6, 6.07) is 9.81. The van der Waals surface area contributed by atoms with Gasteiger partial charge in [0.25, 0.3) is 5.91 Å². The van der Waals surface area contributed by atoms with E-state index in [1.807, 2.05) is 13.0 Å². The van der Waals surface area contributed by atoms with Crippen molar-refractivity contribution in [3.05, 3.63) is 53.2 Å². The quantitative estimate of drug-likeness (QED) is 0.811. The van der Waals surface area contributed by atoms with Crippen molar-refractivity contribution in [3.8, 4) is 0 Å². The van der Waals surface area contributed by atoms with Gasteiger partial charge >= 0.3 is 0 Å². The number of pyridine rings is 1. The summed E-state index contributed by atoms with van der Waals surface area (Å²) in [5, 5.41) is 6.07. The van der Waals surface area contributed by atoms with Crippen LogP contribution in [-0.2, 0) is 12.8 Å². The molecule has 23 heavy (non-hydrogen) atoms. The molecule has 1 atom stereocenters. The van der Waals surface area contributed by atoms with Crippen LogP contribution >= 0.6 is 0 Å². The first-order valence-electron chi connectivity index (χ1n) is 8.04. The normalized spacial score (nSPS) is 16.5. The minimum atomic E-state index is -0.126. The van der Waals surface area contributed by atoms with E-state index in [4.69, 9.17) is 5.73 Å². The van der Waals surface area contributed by atoms with Crippen LogP contribution in [0.5, 0.6) is 0 Å². The molecule has 4 N–H and O–H groups in total. The van der Waals surface area contributed by atoms with Crippen molar-refractivity contribution < 1.29 is 4.79 Å². The van der Waals surface area contributed by atoms with Crippen molar-refractivity contribution >= 4 is 17.4 Å². The fraction of sp³-hybridized carbons (Fsp3) is 0.333. The third-order valence-corrected chi connectivity index (χ3v) is 4.11. The maximum Gasteiger partial charge on any atom is 0.255 e. The molecule has 120 valence electrons. The second-order valence-corrected chi connectivity index (χ2v) is 5.90. The molecule has 0 radical (unpaired) electrons. The van der Waals surface area contributed by atoms with E-state index in [9.17, 15) is 4.79 Å². The van der Waals surface area contributed by atoms with Crippen LogP contribution in [0, 0.1) is 0 Å². The van der Waals surface area contributed by atoms with Crippen LogP contribution < -0.4 is 16.4 Å². The van der Waals surface area contributed by atoms with Gasteiger partial charge in [-0.1, -0.05) is 6.07 Å². The van der Waals surface area contributed by atoms with Gasteiger partial charge in [0.05, 0.1) is 0 Å². The SMILES string of the molecule is CCNc1cc(C(=O)Nc2ccc3c(c2)CC[C@H](N)C3)ccn1. The fourth-order valence-corrected chi connectivity index (χ4v) is 2.91. The number of hydrogen-bond donors (Lipinski definition) is 3. The number of anilines is 2. The molecule has 3 rings (SSSR count). The lowest BCUT2D eigenvalue weighted by molar-refractivity contribution is 0.102. The number of carbonyl (C=O) groups is 1. The molecule has 2 aromatic rings. The molecular formula is C18H22N4O. The van der Waals surface area contributed by atoms with E-state index in [0.717, 1.165) is 31.5 Å². The number of aromatic nitrogens is 1. The summed E-state index contributed by atoms with van der Waals surface area (Å²) in [5.41, 5.74) is 10.00. The summed E-state index contributed by atoms with van der Waals surface area (Å²) in [6.07, 6.45) is 4.53. The van der Waals surface area contributed by atoms with Gasteiger partial charge in [-0.25, -0.2) is 4.98 Å². The largest absolute Gasteiger partial charge is 0.370 e. The van der Waals surface area contributed by atoms with Crippen LogP contribution in [0.25, 0.3) is 0 Å². The molecule has 1 amide bonds. The van der Waals surface area contributed by atoms with Crippen molar-refractivity contribution in [1.82, 2.24) is 4.98 Å². The Labute approximate surface area is 136 Å². The van der Waals surface area contributed by atoms with Gasteiger partial charge in [-0.2, -0.15) is 0 Å². The van der Waals surface area contributed by atoms with Gasteiger partial charge < -0.3 is 16.4 Å². The average molecular weight is 310 g/mol. The fourth-order valence-electron chi connectivity index (χ4n) is 2.91. The number of aryl methyl sites for hydroxylation is 1. The lowest BCUT2D eigenvalue weighted by Crippen LogP contribution is -2.27. The number of nitrogens with one attached hydrogen (secondary N) is 2. The number of amides is 1. The first-order valence-corrected chi connectivity index (χ1v) is 8.04. The molecule has 0 unspecified atom stereocenters. The standard InChI is InChI=1S/C18H22N4O/c1-2-20-17-11-14(7-8-21-17)18(23)22-16-6-4-12-9-15(19)5-3-13(12)10-16/h4,6-8,10-11,15H,2-3,5,9,19H2,1H3,(H,20,21)(H,22,23)/t15-/m0/s1. The predicted molar refractivity (Wildman–Crippen MR) is 92.8 cm³/mol. The third kappa shape index (κ3) is 3.68.